The Morgan fingerprint density at radius 2 is 1.47 bits per heavy atom. The van der Waals surface area contributed by atoms with Crippen molar-refractivity contribution in [1.29, 1.82) is 0 Å². The third-order valence-electron chi connectivity index (χ3n) is 3.92. The summed E-state index contributed by atoms with van der Waals surface area (Å²) in [5.41, 5.74) is 0.116. The molecule has 0 heterocycles. The predicted octanol–water partition coefficient (Wildman–Crippen LogP) is 4.25. The third-order valence-corrected chi connectivity index (χ3v) is 3.92. The predicted molar refractivity (Wildman–Crippen MR) is 67.9 cm³/mol. The molecular weight excluding hydrogens is 184 g/mol. The fourth-order valence-electron chi connectivity index (χ4n) is 2.29. The van der Waals surface area contributed by atoms with Crippen LogP contribution in [0, 0.1) is 17.3 Å². The quantitative estimate of drug-likeness (QED) is 0.672. The SMILES string of the molecule is CCC(C)(CC)C(O)CC(C)CC(C)C. The van der Waals surface area contributed by atoms with E-state index < -0.39 is 0 Å². The van der Waals surface area contributed by atoms with E-state index in [-0.39, 0.29) is 11.5 Å². The van der Waals surface area contributed by atoms with Crippen LogP contribution in [0.15, 0.2) is 0 Å². The molecule has 15 heavy (non-hydrogen) atoms. The Bertz CT molecular complexity index is 159. The summed E-state index contributed by atoms with van der Waals surface area (Å²) >= 11 is 0. The molecule has 0 aromatic carbocycles. The molecule has 0 rings (SSSR count). The Morgan fingerprint density at radius 3 is 1.80 bits per heavy atom. The molecule has 0 aromatic heterocycles. The van der Waals surface area contributed by atoms with Gasteiger partial charge in [0.25, 0.3) is 0 Å². The largest absolute Gasteiger partial charge is 0.393 e. The first-order valence-electron chi connectivity index (χ1n) is 6.53. The highest BCUT2D eigenvalue weighted by atomic mass is 16.3. The minimum Gasteiger partial charge on any atom is -0.393 e. The highest BCUT2D eigenvalue weighted by Gasteiger charge is 2.30. The van der Waals surface area contributed by atoms with Crippen LogP contribution >= 0.6 is 0 Å². The van der Waals surface area contributed by atoms with Gasteiger partial charge in [-0.3, -0.25) is 0 Å². The molecule has 0 aliphatic carbocycles. The van der Waals surface area contributed by atoms with Crippen molar-refractivity contribution in [3.8, 4) is 0 Å². The lowest BCUT2D eigenvalue weighted by atomic mass is 9.75. The average Bonchev–Trinajstić information content (AvgIpc) is 2.15. The fraction of sp³-hybridized carbons (Fsp3) is 1.00. The van der Waals surface area contributed by atoms with E-state index >= 15 is 0 Å². The summed E-state index contributed by atoms with van der Waals surface area (Å²) < 4.78 is 0. The summed E-state index contributed by atoms with van der Waals surface area (Å²) in [5.74, 6) is 1.37. The molecule has 0 saturated carbocycles. The van der Waals surface area contributed by atoms with Gasteiger partial charge >= 0.3 is 0 Å². The Kier molecular flexibility index (Phi) is 6.51. The van der Waals surface area contributed by atoms with Gasteiger partial charge in [-0.1, -0.05) is 41.5 Å². The highest BCUT2D eigenvalue weighted by Crippen LogP contribution is 2.34. The summed E-state index contributed by atoms with van der Waals surface area (Å²) in [7, 11) is 0. The Morgan fingerprint density at radius 1 is 1.00 bits per heavy atom. The maximum Gasteiger partial charge on any atom is 0.0596 e. The molecule has 1 N–H and O–H groups in total. The number of rotatable bonds is 7. The zero-order valence-electron chi connectivity index (χ0n) is 11.5. The molecule has 1 heteroatoms. The molecule has 0 aliphatic rings. The molecule has 0 aromatic rings. The summed E-state index contributed by atoms with van der Waals surface area (Å²) in [6.07, 6.45) is 4.18. The number of aliphatic hydroxyl groups excluding tert-OH is 1. The minimum atomic E-state index is -0.138. The van der Waals surface area contributed by atoms with Crippen molar-refractivity contribution in [3.63, 3.8) is 0 Å². The lowest BCUT2D eigenvalue weighted by molar-refractivity contribution is 0.0122. The minimum absolute atomic E-state index is 0.116. The number of hydrogen-bond acceptors (Lipinski definition) is 1. The van der Waals surface area contributed by atoms with Crippen molar-refractivity contribution >= 4 is 0 Å². The summed E-state index contributed by atoms with van der Waals surface area (Å²) in [5, 5.41) is 10.3. The molecule has 0 radical (unpaired) electrons. The van der Waals surface area contributed by atoms with Crippen LogP contribution in [0.25, 0.3) is 0 Å². The molecule has 0 spiro atoms. The van der Waals surface area contributed by atoms with Crippen LogP contribution in [0.3, 0.4) is 0 Å². The molecule has 2 unspecified atom stereocenters. The summed E-state index contributed by atoms with van der Waals surface area (Å²) in [6, 6.07) is 0. The van der Waals surface area contributed by atoms with Crippen molar-refractivity contribution in [3.05, 3.63) is 0 Å². The van der Waals surface area contributed by atoms with Crippen molar-refractivity contribution < 1.29 is 5.11 Å². The fourth-order valence-corrected chi connectivity index (χ4v) is 2.29. The Hall–Kier alpha value is -0.0400. The molecule has 92 valence electrons. The molecule has 0 saturated heterocycles. The maximum atomic E-state index is 10.3. The second-order valence-corrected chi connectivity index (χ2v) is 5.85. The van der Waals surface area contributed by atoms with E-state index in [1.807, 2.05) is 0 Å². The first-order valence-corrected chi connectivity index (χ1v) is 6.53. The Balaban J connectivity index is 4.16. The number of aliphatic hydroxyl groups is 1. The van der Waals surface area contributed by atoms with Gasteiger partial charge < -0.3 is 5.11 Å². The van der Waals surface area contributed by atoms with Crippen LogP contribution in [-0.4, -0.2) is 11.2 Å². The van der Waals surface area contributed by atoms with Crippen LogP contribution in [0.5, 0.6) is 0 Å². The molecule has 0 bridgehead atoms. The maximum absolute atomic E-state index is 10.3. The van der Waals surface area contributed by atoms with Gasteiger partial charge in [0.15, 0.2) is 0 Å². The molecule has 0 fully saturated rings. The van der Waals surface area contributed by atoms with Gasteiger partial charge in [0.2, 0.25) is 0 Å². The van der Waals surface area contributed by atoms with Gasteiger partial charge in [-0.05, 0) is 42.9 Å². The molecule has 1 nitrogen and oxygen atoms in total. The van der Waals surface area contributed by atoms with E-state index in [4.69, 9.17) is 0 Å². The first-order chi connectivity index (χ1) is 6.85. The van der Waals surface area contributed by atoms with Crippen molar-refractivity contribution in [2.75, 3.05) is 0 Å². The van der Waals surface area contributed by atoms with Crippen LogP contribution in [0.4, 0.5) is 0 Å². The lowest BCUT2D eigenvalue weighted by Gasteiger charge is -2.34. The molecular formula is C14H30O. The van der Waals surface area contributed by atoms with Crippen molar-refractivity contribution in [2.45, 2.75) is 73.3 Å². The van der Waals surface area contributed by atoms with Gasteiger partial charge in [0.05, 0.1) is 6.10 Å². The zero-order chi connectivity index (χ0) is 12.1. The standard InChI is InChI=1S/C14H30O/c1-7-14(6,8-2)13(15)10-12(5)9-11(3)4/h11-13,15H,7-10H2,1-6H3. The lowest BCUT2D eigenvalue weighted by Crippen LogP contribution is -2.32. The topological polar surface area (TPSA) is 20.2 Å². The smallest absolute Gasteiger partial charge is 0.0596 e. The van der Waals surface area contributed by atoms with Gasteiger partial charge in [-0.15, -0.1) is 0 Å². The second-order valence-electron chi connectivity index (χ2n) is 5.85. The molecule has 0 aliphatic heterocycles. The van der Waals surface area contributed by atoms with E-state index in [0.29, 0.717) is 5.92 Å². The van der Waals surface area contributed by atoms with Crippen LogP contribution in [0.2, 0.25) is 0 Å². The zero-order valence-corrected chi connectivity index (χ0v) is 11.5. The highest BCUT2D eigenvalue weighted by molar-refractivity contribution is 4.81. The molecule has 0 amide bonds. The third kappa shape index (κ3) is 5.01. The van der Waals surface area contributed by atoms with Gasteiger partial charge in [0, 0.05) is 0 Å². The molecule has 2 atom stereocenters. The average molecular weight is 214 g/mol. The van der Waals surface area contributed by atoms with E-state index in [1.165, 1.54) is 6.42 Å². The van der Waals surface area contributed by atoms with Crippen molar-refractivity contribution in [1.82, 2.24) is 0 Å². The van der Waals surface area contributed by atoms with Crippen LogP contribution in [-0.2, 0) is 0 Å². The summed E-state index contributed by atoms with van der Waals surface area (Å²) in [6.45, 7) is 13.3. The Labute approximate surface area is 96.3 Å². The van der Waals surface area contributed by atoms with E-state index in [2.05, 4.69) is 41.5 Å². The van der Waals surface area contributed by atoms with Crippen molar-refractivity contribution in [2.24, 2.45) is 17.3 Å². The number of hydrogen-bond donors (Lipinski definition) is 1. The van der Waals surface area contributed by atoms with Gasteiger partial charge in [-0.25, -0.2) is 0 Å². The van der Waals surface area contributed by atoms with Gasteiger partial charge in [-0.2, -0.15) is 0 Å². The van der Waals surface area contributed by atoms with Crippen LogP contribution < -0.4 is 0 Å². The normalized spacial score (nSPS) is 16.8. The van der Waals surface area contributed by atoms with Gasteiger partial charge in [0.1, 0.15) is 0 Å². The summed E-state index contributed by atoms with van der Waals surface area (Å²) in [4.78, 5) is 0. The monoisotopic (exact) mass is 214 g/mol. The van der Waals surface area contributed by atoms with E-state index in [0.717, 1.165) is 25.2 Å². The van der Waals surface area contributed by atoms with E-state index in [1.54, 1.807) is 0 Å². The first kappa shape index (κ1) is 15.0. The second kappa shape index (κ2) is 6.52. The van der Waals surface area contributed by atoms with Crippen LogP contribution in [0.1, 0.15) is 67.2 Å². The van der Waals surface area contributed by atoms with E-state index in [9.17, 15) is 5.11 Å².